The zero-order valence-electron chi connectivity index (χ0n) is 10.6. The van der Waals surface area contributed by atoms with Crippen molar-refractivity contribution in [1.82, 2.24) is 5.32 Å². The fourth-order valence-electron chi connectivity index (χ4n) is 1.43. The van der Waals surface area contributed by atoms with Crippen LogP contribution >= 0.6 is 0 Å². The Morgan fingerprint density at radius 1 is 1.32 bits per heavy atom. The first kappa shape index (κ1) is 15.5. The lowest BCUT2D eigenvalue weighted by atomic mass is 10.1. The van der Waals surface area contributed by atoms with Gasteiger partial charge in [0.05, 0.1) is 12.0 Å². The fraction of sp³-hybridized carbons (Fsp3) is 0.462. The molecule has 0 aliphatic carbocycles. The molecule has 106 valence electrons. The second-order valence-electron chi connectivity index (χ2n) is 4.52. The molecular weight excluding hydrogens is 257 g/mol. The smallest absolute Gasteiger partial charge is 0.356 e. The van der Waals surface area contributed by atoms with E-state index in [9.17, 15) is 18.0 Å². The average molecular weight is 274 g/mol. The van der Waals surface area contributed by atoms with Crippen molar-refractivity contribution in [3.63, 3.8) is 0 Å². The van der Waals surface area contributed by atoms with Gasteiger partial charge in [0.25, 0.3) is 0 Å². The second kappa shape index (κ2) is 6.56. The molecule has 0 aliphatic rings. The summed E-state index contributed by atoms with van der Waals surface area (Å²) in [6, 6.07) is 4.58. The highest BCUT2D eigenvalue weighted by molar-refractivity contribution is 5.78. The van der Waals surface area contributed by atoms with E-state index in [1.807, 2.05) is 6.92 Å². The number of carbonyl (C=O) groups excluding carboxylic acids is 1. The van der Waals surface area contributed by atoms with Crippen molar-refractivity contribution in [2.75, 3.05) is 13.1 Å². The molecule has 0 bridgehead atoms. The number of nitrogens with two attached hydrogens (primary N) is 1. The van der Waals surface area contributed by atoms with Gasteiger partial charge in [-0.2, -0.15) is 13.2 Å². The second-order valence-corrected chi connectivity index (χ2v) is 4.52. The maximum atomic E-state index is 12.3. The van der Waals surface area contributed by atoms with E-state index in [0.29, 0.717) is 18.7 Å². The lowest BCUT2D eigenvalue weighted by molar-refractivity contribution is -0.137. The first-order chi connectivity index (χ1) is 8.82. The zero-order chi connectivity index (χ0) is 14.5. The molecule has 1 aromatic carbocycles. The summed E-state index contributed by atoms with van der Waals surface area (Å²) in [5, 5.41) is 2.69. The first-order valence-corrected chi connectivity index (χ1v) is 5.96. The van der Waals surface area contributed by atoms with Crippen LogP contribution in [0.15, 0.2) is 24.3 Å². The molecule has 1 rings (SSSR count). The minimum atomic E-state index is -4.35. The van der Waals surface area contributed by atoms with E-state index in [-0.39, 0.29) is 18.2 Å². The number of amides is 1. The first-order valence-electron chi connectivity index (χ1n) is 5.96. The Kier molecular flexibility index (Phi) is 5.35. The van der Waals surface area contributed by atoms with Crippen LogP contribution in [0, 0.1) is 5.92 Å². The quantitative estimate of drug-likeness (QED) is 0.862. The van der Waals surface area contributed by atoms with Crippen molar-refractivity contribution >= 4 is 5.91 Å². The molecule has 1 amide bonds. The summed E-state index contributed by atoms with van der Waals surface area (Å²) in [5.74, 6) is -0.0448. The SMILES string of the molecule is CC(CN)CNC(=O)Cc1ccc(C(F)(F)F)cc1. The number of hydrogen-bond acceptors (Lipinski definition) is 2. The molecule has 3 nitrogen and oxygen atoms in total. The Labute approximate surface area is 110 Å². The fourth-order valence-corrected chi connectivity index (χ4v) is 1.43. The van der Waals surface area contributed by atoms with Crippen LogP contribution in [0.1, 0.15) is 18.1 Å². The van der Waals surface area contributed by atoms with Gasteiger partial charge < -0.3 is 11.1 Å². The van der Waals surface area contributed by atoms with Crippen molar-refractivity contribution in [2.45, 2.75) is 19.5 Å². The Hall–Kier alpha value is -1.56. The number of carbonyl (C=O) groups is 1. The normalized spacial score (nSPS) is 13.1. The summed E-state index contributed by atoms with van der Waals surface area (Å²) in [4.78, 5) is 11.5. The van der Waals surface area contributed by atoms with E-state index in [2.05, 4.69) is 5.32 Å². The molecule has 0 saturated carbocycles. The van der Waals surface area contributed by atoms with Gasteiger partial charge in [-0.05, 0) is 30.2 Å². The molecule has 1 unspecified atom stereocenters. The molecule has 0 aliphatic heterocycles. The van der Waals surface area contributed by atoms with Gasteiger partial charge in [-0.1, -0.05) is 19.1 Å². The Balaban J connectivity index is 2.51. The highest BCUT2D eigenvalue weighted by Crippen LogP contribution is 2.29. The number of benzene rings is 1. The van der Waals surface area contributed by atoms with Crippen LogP contribution in [0.25, 0.3) is 0 Å². The van der Waals surface area contributed by atoms with E-state index in [1.54, 1.807) is 0 Å². The number of alkyl halides is 3. The molecule has 3 N–H and O–H groups in total. The summed E-state index contributed by atoms with van der Waals surface area (Å²) >= 11 is 0. The summed E-state index contributed by atoms with van der Waals surface area (Å²) in [5.41, 5.74) is 5.24. The third-order valence-corrected chi connectivity index (χ3v) is 2.70. The molecule has 0 spiro atoms. The largest absolute Gasteiger partial charge is 0.416 e. The van der Waals surface area contributed by atoms with Gasteiger partial charge >= 0.3 is 6.18 Å². The molecule has 1 atom stereocenters. The van der Waals surface area contributed by atoms with E-state index in [0.717, 1.165) is 12.1 Å². The highest BCUT2D eigenvalue weighted by Gasteiger charge is 2.29. The third kappa shape index (κ3) is 5.30. The van der Waals surface area contributed by atoms with Gasteiger partial charge in [-0.3, -0.25) is 4.79 Å². The van der Waals surface area contributed by atoms with Crippen LogP contribution in [0.2, 0.25) is 0 Å². The van der Waals surface area contributed by atoms with Gasteiger partial charge in [0.1, 0.15) is 0 Å². The van der Waals surface area contributed by atoms with Crippen LogP contribution < -0.4 is 11.1 Å². The predicted molar refractivity (Wildman–Crippen MR) is 66.4 cm³/mol. The molecular formula is C13H17F3N2O. The van der Waals surface area contributed by atoms with Crippen molar-refractivity contribution in [3.8, 4) is 0 Å². The van der Waals surface area contributed by atoms with Gasteiger partial charge in [-0.15, -0.1) is 0 Å². The van der Waals surface area contributed by atoms with Gasteiger partial charge in [0, 0.05) is 6.54 Å². The van der Waals surface area contributed by atoms with Crippen LogP contribution in [0.3, 0.4) is 0 Å². The molecule has 19 heavy (non-hydrogen) atoms. The predicted octanol–water partition coefficient (Wildman–Crippen LogP) is 1.96. The minimum Gasteiger partial charge on any atom is -0.356 e. The monoisotopic (exact) mass is 274 g/mol. The lowest BCUT2D eigenvalue weighted by Crippen LogP contribution is -2.32. The third-order valence-electron chi connectivity index (χ3n) is 2.70. The number of hydrogen-bond donors (Lipinski definition) is 2. The highest BCUT2D eigenvalue weighted by atomic mass is 19.4. The van der Waals surface area contributed by atoms with Crippen molar-refractivity contribution < 1.29 is 18.0 Å². The molecule has 0 heterocycles. The topological polar surface area (TPSA) is 55.1 Å². The van der Waals surface area contributed by atoms with Gasteiger partial charge in [-0.25, -0.2) is 0 Å². The van der Waals surface area contributed by atoms with Crippen LogP contribution in [-0.4, -0.2) is 19.0 Å². The summed E-state index contributed by atoms with van der Waals surface area (Å²) in [6.45, 7) is 2.84. The molecule has 0 radical (unpaired) electrons. The standard InChI is InChI=1S/C13H17F3N2O/c1-9(7-17)8-18-12(19)6-10-2-4-11(5-3-10)13(14,15)16/h2-5,9H,6-8,17H2,1H3,(H,18,19). The van der Waals surface area contributed by atoms with Crippen molar-refractivity contribution in [2.24, 2.45) is 11.7 Å². The Bertz CT molecular complexity index is 415. The van der Waals surface area contributed by atoms with Crippen molar-refractivity contribution in [3.05, 3.63) is 35.4 Å². The average Bonchev–Trinajstić information content (AvgIpc) is 2.35. The van der Waals surface area contributed by atoms with E-state index < -0.39 is 11.7 Å². The van der Waals surface area contributed by atoms with Gasteiger partial charge in [0.15, 0.2) is 0 Å². The Morgan fingerprint density at radius 2 is 1.89 bits per heavy atom. The number of rotatable bonds is 5. The van der Waals surface area contributed by atoms with Crippen LogP contribution in [0.5, 0.6) is 0 Å². The number of halogens is 3. The zero-order valence-corrected chi connectivity index (χ0v) is 10.6. The summed E-state index contributed by atoms with van der Waals surface area (Å²) in [6.07, 6.45) is -4.28. The maximum absolute atomic E-state index is 12.3. The maximum Gasteiger partial charge on any atom is 0.416 e. The minimum absolute atomic E-state index is 0.0649. The molecule has 0 aromatic heterocycles. The van der Waals surface area contributed by atoms with E-state index in [4.69, 9.17) is 5.73 Å². The lowest BCUT2D eigenvalue weighted by Gasteiger charge is -2.10. The molecule has 6 heteroatoms. The van der Waals surface area contributed by atoms with Gasteiger partial charge in [0.2, 0.25) is 5.91 Å². The van der Waals surface area contributed by atoms with Crippen molar-refractivity contribution in [1.29, 1.82) is 0 Å². The summed E-state index contributed by atoms with van der Waals surface area (Å²) < 4.78 is 37.0. The van der Waals surface area contributed by atoms with Crippen LogP contribution in [0.4, 0.5) is 13.2 Å². The Morgan fingerprint density at radius 3 is 2.37 bits per heavy atom. The van der Waals surface area contributed by atoms with E-state index in [1.165, 1.54) is 12.1 Å². The number of nitrogens with one attached hydrogen (secondary N) is 1. The molecule has 1 aromatic rings. The molecule has 0 saturated heterocycles. The summed E-state index contributed by atoms with van der Waals surface area (Å²) in [7, 11) is 0. The van der Waals surface area contributed by atoms with Crippen LogP contribution in [-0.2, 0) is 17.4 Å². The van der Waals surface area contributed by atoms with E-state index >= 15 is 0 Å². The molecule has 0 fully saturated rings.